The lowest BCUT2D eigenvalue weighted by Gasteiger charge is -2.38. The maximum Gasteiger partial charge on any atom is 0.237 e. The Morgan fingerprint density at radius 2 is 1.95 bits per heavy atom. The van der Waals surface area contributed by atoms with Gasteiger partial charge in [0.2, 0.25) is 5.91 Å². The molecule has 2 aliphatic carbocycles. The van der Waals surface area contributed by atoms with Gasteiger partial charge in [0, 0.05) is 48.9 Å². The number of Topliss-reactive ketones (excluding diaryl/α,β-unsaturated/α-hetero) is 1. The summed E-state index contributed by atoms with van der Waals surface area (Å²) in [5, 5.41) is 7.80. The topological polar surface area (TPSA) is 87.2 Å². The van der Waals surface area contributed by atoms with Crippen molar-refractivity contribution in [3.63, 3.8) is 0 Å². The first-order chi connectivity index (χ1) is 20.9. The summed E-state index contributed by atoms with van der Waals surface area (Å²) in [6, 6.07) is 10.5. The highest BCUT2D eigenvalue weighted by Gasteiger charge is 2.51. The largest absolute Gasteiger partial charge is 0.310 e. The molecular weight excluding hydrogens is 534 g/mol. The minimum Gasteiger partial charge on any atom is -0.310 e. The first kappa shape index (κ1) is 27.9. The molecule has 0 radical (unpaired) electrons. The number of hydrogen-bond donors (Lipinski definition) is 2. The molecule has 2 N–H and O–H groups in total. The van der Waals surface area contributed by atoms with E-state index in [0.29, 0.717) is 37.5 Å². The van der Waals surface area contributed by atoms with Crippen LogP contribution in [0.4, 0.5) is 5.82 Å². The van der Waals surface area contributed by atoms with E-state index in [0.717, 1.165) is 60.8 Å². The van der Waals surface area contributed by atoms with Crippen molar-refractivity contribution in [1.82, 2.24) is 20.2 Å². The highest BCUT2D eigenvalue weighted by atomic mass is 16.2. The van der Waals surface area contributed by atoms with Gasteiger partial charge in [0.1, 0.15) is 5.82 Å². The molecule has 2 fully saturated rings. The lowest BCUT2D eigenvalue weighted by molar-refractivity contribution is -0.127. The van der Waals surface area contributed by atoms with Crippen molar-refractivity contribution < 1.29 is 9.59 Å². The Morgan fingerprint density at radius 1 is 1.14 bits per heavy atom. The Bertz CT molecular complexity index is 1680. The van der Waals surface area contributed by atoms with Crippen LogP contribution in [0.25, 0.3) is 10.9 Å². The molecule has 1 amide bonds. The van der Waals surface area contributed by atoms with E-state index in [2.05, 4.69) is 63.5 Å². The number of anilines is 1. The van der Waals surface area contributed by atoms with E-state index in [1.807, 2.05) is 31.3 Å². The summed E-state index contributed by atoms with van der Waals surface area (Å²) in [5.74, 6) is 1.26. The second-order valence-corrected chi connectivity index (χ2v) is 12.8. The summed E-state index contributed by atoms with van der Waals surface area (Å²) in [6.07, 6.45) is 17.2. The van der Waals surface area contributed by atoms with Crippen LogP contribution in [0.1, 0.15) is 54.9 Å². The number of hydrogen-bond acceptors (Lipinski definition) is 6. The third kappa shape index (κ3) is 4.85. The van der Waals surface area contributed by atoms with Gasteiger partial charge in [0.05, 0.1) is 23.0 Å². The molecule has 2 aromatic heterocycles. The van der Waals surface area contributed by atoms with E-state index in [-0.39, 0.29) is 11.8 Å². The number of carbonyl (C=O) groups is 2. The fraction of sp³-hybridized carbons (Fsp3) is 0.389. The van der Waals surface area contributed by atoms with Gasteiger partial charge in [-0.25, -0.2) is 4.98 Å². The van der Waals surface area contributed by atoms with E-state index in [4.69, 9.17) is 4.98 Å². The molecule has 1 aromatic carbocycles. The van der Waals surface area contributed by atoms with Crippen molar-refractivity contribution in [3.8, 4) is 0 Å². The molecule has 7 rings (SSSR count). The molecule has 1 saturated heterocycles. The molecule has 4 heterocycles. The van der Waals surface area contributed by atoms with Crippen LogP contribution in [0, 0.1) is 5.92 Å². The molecule has 2 spiro atoms. The molecule has 2 aliphatic heterocycles. The third-order valence-electron chi connectivity index (χ3n) is 10.1. The SMILES string of the molecule is C=C/C=C(\C=C/C)C1CNC2(CCCC2)C(=O)CN(Cc2cnc3cc4c(cc3c2)C[C@@]2(C4)C(=O)Nc3ncccc32)C1. The third-order valence-corrected chi connectivity index (χ3v) is 10.1. The molecule has 43 heavy (non-hydrogen) atoms. The Labute approximate surface area is 253 Å². The van der Waals surface area contributed by atoms with Gasteiger partial charge in [0.25, 0.3) is 0 Å². The first-order valence-electron chi connectivity index (χ1n) is 15.6. The van der Waals surface area contributed by atoms with Crippen molar-refractivity contribution in [3.05, 3.63) is 101 Å². The second kappa shape index (κ2) is 11.0. The quantitative estimate of drug-likeness (QED) is 0.408. The molecule has 2 atom stereocenters. The molecule has 7 heteroatoms. The van der Waals surface area contributed by atoms with Crippen LogP contribution in [0.5, 0.6) is 0 Å². The fourth-order valence-corrected chi connectivity index (χ4v) is 7.94. The van der Waals surface area contributed by atoms with Crippen LogP contribution in [-0.4, -0.2) is 51.7 Å². The van der Waals surface area contributed by atoms with E-state index in [1.165, 1.54) is 16.7 Å². The zero-order chi connectivity index (χ0) is 29.6. The van der Waals surface area contributed by atoms with Gasteiger partial charge in [-0.1, -0.05) is 49.8 Å². The number of pyridine rings is 2. The second-order valence-electron chi connectivity index (χ2n) is 12.8. The predicted molar refractivity (Wildman–Crippen MR) is 170 cm³/mol. The molecule has 4 aliphatic rings. The highest BCUT2D eigenvalue weighted by Crippen LogP contribution is 2.47. The minimum atomic E-state index is -0.597. The molecule has 1 unspecified atom stereocenters. The summed E-state index contributed by atoms with van der Waals surface area (Å²) in [5.41, 5.74) is 5.61. The van der Waals surface area contributed by atoms with Crippen LogP contribution < -0.4 is 10.6 Å². The Kier molecular flexibility index (Phi) is 7.10. The normalized spacial score (nSPS) is 25.3. The standard InChI is InChI=1S/C36H39N5O2/c1-3-8-25(9-4-2)29-20-39-36(11-5-6-12-36)32(42)23-41(22-29)21-24-14-26-15-27-17-35(18-28(27)16-31(26)38-19-24)30-10-7-13-37-33(30)40-34(35)43/h3-4,7-10,13-16,19,29,39H,1,5-6,11-12,17-18,20-23H2,2H3,(H,37,40,43)/b9-4-,25-8+/t29?,35-/m0/s1. The highest BCUT2D eigenvalue weighted by molar-refractivity contribution is 6.06. The number of fused-ring (bicyclic) bond motifs is 4. The summed E-state index contributed by atoms with van der Waals surface area (Å²) < 4.78 is 0. The predicted octanol–water partition coefficient (Wildman–Crippen LogP) is 5.21. The van der Waals surface area contributed by atoms with Crippen molar-refractivity contribution in [2.45, 2.75) is 62.9 Å². The summed E-state index contributed by atoms with van der Waals surface area (Å²) >= 11 is 0. The van der Waals surface area contributed by atoms with Crippen LogP contribution >= 0.6 is 0 Å². The van der Waals surface area contributed by atoms with Gasteiger partial charge in [-0.2, -0.15) is 0 Å². The zero-order valence-corrected chi connectivity index (χ0v) is 24.9. The monoisotopic (exact) mass is 573 g/mol. The van der Waals surface area contributed by atoms with Gasteiger partial charge in [-0.3, -0.25) is 19.5 Å². The van der Waals surface area contributed by atoms with Crippen molar-refractivity contribution in [2.24, 2.45) is 5.92 Å². The average molecular weight is 574 g/mol. The number of nitrogens with zero attached hydrogens (tertiary/aromatic N) is 3. The number of ketones is 1. The smallest absolute Gasteiger partial charge is 0.237 e. The summed E-state index contributed by atoms with van der Waals surface area (Å²) in [4.78, 5) is 38.5. The number of allylic oxidation sites excluding steroid dienone is 4. The zero-order valence-electron chi connectivity index (χ0n) is 24.9. The van der Waals surface area contributed by atoms with Crippen LogP contribution in [0.2, 0.25) is 0 Å². The summed E-state index contributed by atoms with van der Waals surface area (Å²) in [6.45, 7) is 8.61. The van der Waals surface area contributed by atoms with Gasteiger partial charge in [-0.15, -0.1) is 0 Å². The number of benzene rings is 1. The maximum absolute atomic E-state index is 13.7. The van der Waals surface area contributed by atoms with Gasteiger partial charge >= 0.3 is 0 Å². The number of carbonyl (C=O) groups excluding carboxylic acids is 2. The number of aromatic nitrogens is 2. The molecule has 220 valence electrons. The Morgan fingerprint density at radius 3 is 2.74 bits per heavy atom. The Balaban J connectivity index is 1.18. The molecule has 1 saturated carbocycles. The molecular formula is C36H39N5O2. The minimum absolute atomic E-state index is 0.0312. The Hall–Kier alpha value is -3.94. The van der Waals surface area contributed by atoms with Crippen molar-refractivity contribution in [1.29, 1.82) is 0 Å². The maximum atomic E-state index is 13.7. The molecule has 7 nitrogen and oxygen atoms in total. The number of rotatable bonds is 5. The van der Waals surface area contributed by atoms with E-state index >= 15 is 0 Å². The van der Waals surface area contributed by atoms with Gasteiger partial charge in [-0.05, 0) is 79.1 Å². The number of nitrogens with one attached hydrogen (secondary N) is 2. The average Bonchev–Trinajstić information content (AvgIpc) is 3.70. The van der Waals surface area contributed by atoms with Crippen LogP contribution in [0.3, 0.4) is 0 Å². The lowest BCUT2D eigenvalue weighted by Crippen LogP contribution is -2.58. The summed E-state index contributed by atoms with van der Waals surface area (Å²) in [7, 11) is 0. The fourth-order valence-electron chi connectivity index (χ4n) is 7.94. The number of amides is 1. The van der Waals surface area contributed by atoms with E-state index in [1.54, 1.807) is 6.20 Å². The lowest BCUT2D eigenvalue weighted by atomic mass is 9.79. The van der Waals surface area contributed by atoms with Crippen LogP contribution in [-0.2, 0) is 34.4 Å². The molecule has 0 bridgehead atoms. The van der Waals surface area contributed by atoms with Gasteiger partial charge < -0.3 is 10.6 Å². The first-order valence-corrected chi connectivity index (χ1v) is 15.6. The van der Waals surface area contributed by atoms with E-state index < -0.39 is 11.0 Å². The van der Waals surface area contributed by atoms with Gasteiger partial charge in [0.15, 0.2) is 5.78 Å². The van der Waals surface area contributed by atoms with E-state index in [9.17, 15) is 9.59 Å². The van der Waals surface area contributed by atoms with Crippen molar-refractivity contribution in [2.75, 3.05) is 25.0 Å². The van der Waals surface area contributed by atoms with Crippen LogP contribution in [0.15, 0.2) is 79.2 Å². The van der Waals surface area contributed by atoms with Crippen molar-refractivity contribution >= 4 is 28.4 Å². The molecule has 3 aromatic rings.